The summed E-state index contributed by atoms with van der Waals surface area (Å²) in [7, 11) is 0.475. The smallest absolute Gasteiger partial charge is 0.251 e. The van der Waals surface area contributed by atoms with E-state index < -0.39 is 10.0 Å². The van der Waals surface area contributed by atoms with E-state index in [0.717, 1.165) is 9.87 Å². The number of nitrogens with one attached hydrogen (secondary N) is 1. The third-order valence-electron chi connectivity index (χ3n) is 3.90. The molecule has 8 heteroatoms. The molecular weight excluding hydrogens is 376 g/mol. The Kier molecular flexibility index (Phi) is 6.28. The Labute approximate surface area is 158 Å². The van der Waals surface area contributed by atoms with Gasteiger partial charge in [0, 0.05) is 24.7 Å². The van der Waals surface area contributed by atoms with Gasteiger partial charge in [-0.25, -0.2) is 12.7 Å². The molecule has 1 atom stereocenters. The van der Waals surface area contributed by atoms with Crippen LogP contribution in [0.25, 0.3) is 0 Å². The van der Waals surface area contributed by atoms with E-state index in [9.17, 15) is 13.2 Å². The standard InChI is InChI=1S/C18H21ClN2O4S/c1-12(13-5-8-15(19)9-6-13)20-18(22)14-7-10-16(25-4)17(11-14)26(23,24)21(2)3/h5-12H,1-4H3,(H,20,22). The molecule has 1 unspecified atom stereocenters. The largest absolute Gasteiger partial charge is 0.495 e. The average Bonchev–Trinajstić information content (AvgIpc) is 2.61. The third kappa shape index (κ3) is 4.35. The first kappa shape index (κ1) is 20.2. The first-order chi connectivity index (χ1) is 12.2. The molecule has 0 saturated heterocycles. The molecule has 26 heavy (non-hydrogen) atoms. The Balaban J connectivity index is 2.30. The van der Waals surface area contributed by atoms with Crippen molar-refractivity contribution in [3.05, 3.63) is 58.6 Å². The highest BCUT2D eigenvalue weighted by Crippen LogP contribution is 2.27. The number of methoxy groups -OCH3 is 1. The molecule has 0 aliphatic rings. The number of carbonyl (C=O) groups excluding carboxylic acids is 1. The van der Waals surface area contributed by atoms with Crippen molar-refractivity contribution in [2.75, 3.05) is 21.2 Å². The third-order valence-corrected chi connectivity index (χ3v) is 5.99. The van der Waals surface area contributed by atoms with Crippen LogP contribution in [0.1, 0.15) is 28.9 Å². The Morgan fingerprint density at radius 3 is 2.31 bits per heavy atom. The molecule has 2 rings (SSSR count). The summed E-state index contributed by atoms with van der Waals surface area (Å²) in [5, 5.41) is 3.46. The van der Waals surface area contributed by atoms with Crippen molar-refractivity contribution in [2.24, 2.45) is 0 Å². The Morgan fingerprint density at radius 1 is 1.15 bits per heavy atom. The van der Waals surface area contributed by atoms with E-state index in [2.05, 4.69) is 5.32 Å². The van der Waals surface area contributed by atoms with Crippen LogP contribution in [0.15, 0.2) is 47.4 Å². The van der Waals surface area contributed by atoms with Gasteiger partial charge >= 0.3 is 0 Å². The summed E-state index contributed by atoms with van der Waals surface area (Å²) in [5.41, 5.74) is 1.12. The fraction of sp³-hybridized carbons (Fsp3) is 0.278. The molecule has 2 aromatic rings. The summed E-state index contributed by atoms with van der Waals surface area (Å²) < 4.78 is 31.1. The number of sulfonamides is 1. The lowest BCUT2D eigenvalue weighted by Gasteiger charge is -2.17. The van der Waals surface area contributed by atoms with E-state index in [1.54, 1.807) is 12.1 Å². The summed E-state index contributed by atoms with van der Waals surface area (Å²) in [6, 6.07) is 11.2. The van der Waals surface area contributed by atoms with E-state index in [0.29, 0.717) is 5.02 Å². The van der Waals surface area contributed by atoms with Gasteiger partial charge in [-0.15, -0.1) is 0 Å². The lowest BCUT2D eigenvalue weighted by atomic mass is 10.1. The van der Waals surface area contributed by atoms with E-state index >= 15 is 0 Å². The van der Waals surface area contributed by atoms with Gasteiger partial charge < -0.3 is 10.1 Å². The highest BCUT2D eigenvalue weighted by Gasteiger charge is 2.24. The molecule has 0 bridgehead atoms. The quantitative estimate of drug-likeness (QED) is 0.814. The minimum absolute atomic E-state index is 0.0585. The zero-order valence-corrected chi connectivity index (χ0v) is 16.6. The molecule has 140 valence electrons. The van der Waals surface area contributed by atoms with Crippen LogP contribution in [0.5, 0.6) is 5.75 Å². The maximum atomic E-state index is 12.6. The van der Waals surface area contributed by atoms with Crippen molar-refractivity contribution in [1.82, 2.24) is 9.62 Å². The molecule has 1 N–H and O–H groups in total. The monoisotopic (exact) mass is 396 g/mol. The maximum Gasteiger partial charge on any atom is 0.251 e. The van der Waals surface area contributed by atoms with Gasteiger partial charge in [0.25, 0.3) is 5.91 Å². The average molecular weight is 397 g/mol. The number of hydrogen-bond donors (Lipinski definition) is 1. The van der Waals surface area contributed by atoms with Gasteiger partial charge in [-0.1, -0.05) is 23.7 Å². The van der Waals surface area contributed by atoms with E-state index in [4.69, 9.17) is 16.3 Å². The lowest BCUT2D eigenvalue weighted by Crippen LogP contribution is -2.27. The SMILES string of the molecule is COc1ccc(C(=O)NC(C)c2ccc(Cl)cc2)cc1S(=O)(=O)N(C)C. The maximum absolute atomic E-state index is 12.6. The number of nitrogens with zero attached hydrogens (tertiary/aromatic N) is 1. The lowest BCUT2D eigenvalue weighted by molar-refractivity contribution is 0.0939. The molecular formula is C18H21ClN2O4S. The van der Waals surface area contributed by atoms with Gasteiger partial charge in [-0.2, -0.15) is 0 Å². The number of amides is 1. The predicted octanol–water partition coefficient (Wildman–Crippen LogP) is 3.09. The van der Waals surface area contributed by atoms with Crippen LogP contribution in [0.4, 0.5) is 0 Å². The number of ether oxygens (including phenoxy) is 1. The van der Waals surface area contributed by atoms with Crippen molar-refractivity contribution in [3.63, 3.8) is 0 Å². The summed E-state index contributed by atoms with van der Waals surface area (Å²) in [5.74, 6) is -0.202. The molecule has 0 spiro atoms. The highest BCUT2D eigenvalue weighted by atomic mass is 35.5. The first-order valence-electron chi connectivity index (χ1n) is 7.83. The van der Waals surface area contributed by atoms with E-state index in [-0.39, 0.29) is 28.2 Å². The second-order valence-corrected chi connectivity index (χ2v) is 8.46. The van der Waals surface area contributed by atoms with Gasteiger partial charge in [0.15, 0.2) is 0 Å². The minimum atomic E-state index is -3.75. The molecule has 0 aromatic heterocycles. The molecule has 1 amide bonds. The van der Waals surface area contributed by atoms with Crippen LogP contribution in [-0.2, 0) is 10.0 Å². The van der Waals surface area contributed by atoms with Crippen molar-refractivity contribution >= 4 is 27.5 Å². The van der Waals surface area contributed by atoms with Crippen LogP contribution in [0.2, 0.25) is 5.02 Å². The second-order valence-electron chi connectivity index (χ2n) is 5.90. The number of hydrogen-bond acceptors (Lipinski definition) is 4. The van der Waals surface area contributed by atoms with Crippen LogP contribution in [0.3, 0.4) is 0 Å². The fourth-order valence-corrected chi connectivity index (χ4v) is 3.53. The number of halogens is 1. The summed E-state index contributed by atoms with van der Waals surface area (Å²) in [6.45, 7) is 1.84. The highest BCUT2D eigenvalue weighted by molar-refractivity contribution is 7.89. The Morgan fingerprint density at radius 2 is 1.77 bits per heavy atom. The first-order valence-corrected chi connectivity index (χ1v) is 9.65. The molecule has 0 fully saturated rings. The van der Waals surface area contributed by atoms with Crippen LogP contribution >= 0.6 is 11.6 Å². The molecule has 0 heterocycles. The van der Waals surface area contributed by atoms with Gasteiger partial charge in [0.2, 0.25) is 10.0 Å². The summed E-state index contributed by atoms with van der Waals surface area (Å²) in [6.07, 6.45) is 0. The van der Waals surface area contributed by atoms with Gasteiger partial charge in [-0.3, -0.25) is 4.79 Å². The zero-order chi connectivity index (χ0) is 19.5. The topological polar surface area (TPSA) is 75.7 Å². The Bertz CT molecular complexity index is 896. The normalized spacial score (nSPS) is 12.7. The van der Waals surface area contributed by atoms with Crippen molar-refractivity contribution < 1.29 is 17.9 Å². The second kappa shape index (κ2) is 8.07. The fourth-order valence-electron chi connectivity index (χ4n) is 2.33. The van der Waals surface area contributed by atoms with Gasteiger partial charge in [-0.05, 0) is 42.8 Å². The van der Waals surface area contributed by atoms with Crippen molar-refractivity contribution in [2.45, 2.75) is 17.9 Å². The molecule has 6 nitrogen and oxygen atoms in total. The van der Waals surface area contributed by atoms with Gasteiger partial charge in [0.05, 0.1) is 13.2 Å². The van der Waals surface area contributed by atoms with Crippen LogP contribution < -0.4 is 10.1 Å². The minimum Gasteiger partial charge on any atom is -0.495 e. The van der Waals surface area contributed by atoms with E-state index in [1.807, 2.05) is 19.1 Å². The molecule has 0 aliphatic carbocycles. The van der Waals surface area contributed by atoms with Crippen molar-refractivity contribution in [1.29, 1.82) is 0 Å². The van der Waals surface area contributed by atoms with Crippen LogP contribution in [-0.4, -0.2) is 39.8 Å². The van der Waals surface area contributed by atoms with Crippen LogP contribution in [0, 0.1) is 0 Å². The molecule has 0 saturated carbocycles. The molecule has 0 radical (unpaired) electrons. The van der Waals surface area contributed by atoms with E-state index in [1.165, 1.54) is 39.4 Å². The molecule has 2 aromatic carbocycles. The number of benzene rings is 2. The van der Waals surface area contributed by atoms with Crippen molar-refractivity contribution in [3.8, 4) is 5.75 Å². The Hall–Kier alpha value is -2.09. The molecule has 0 aliphatic heterocycles. The summed E-state index contributed by atoms with van der Waals surface area (Å²) >= 11 is 5.87. The number of rotatable bonds is 6. The number of carbonyl (C=O) groups is 1. The summed E-state index contributed by atoms with van der Waals surface area (Å²) in [4.78, 5) is 12.5. The predicted molar refractivity (Wildman–Crippen MR) is 101 cm³/mol. The van der Waals surface area contributed by atoms with Gasteiger partial charge in [0.1, 0.15) is 10.6 Å². The zero-order valence-electron chi connectivity index (χ0n) is 15.0.